The monoisotopic (exact) mass is 458 g/mol. The van der Waals surface area contributed by atoms with E-state index in [0.717, 1.165) is 38.8 Å². The summed E-state index contributed by atoms with van der Waals surface area (Å²) in [5.41, 5.74) is 1.69. The maximum absolute atomic E-state index is 5.64. The van der Waals surface area contributed by atoms with E-state index >= 15 is 0 Å². The summed E-state index contributed by atoms with van der Waals surface area (Å²) >= 11 is 0. The Morgan fingerprint density at radius 3 is 2.68 bits per heavy atom. The second-order valence-electron chi connectivity index (χ2n) is 7.29. The smallest absolute Gasteiger partial charge is 0.193 e. The van der Waals surface area contributed by atoms with E-state index in [4.69, 9.17) is 4.74 Å². The maximum Gasteiger partial charge on any atom is 0.193 e. The van der Waals surface area contributed by atoms with Crippen LogP contribution in [0.2, 0.25) is 0 Å². The molecule has 2 aliphatic heterocycles. The highest BCUT2D eigenvalue weighted by molar-refractivity contribution is 14.0. The molecule has 0 aromatic heterocycles. The average molecular weight is 458 g/mol. The number of likely N-dealkylation sites (N-methyl/N-ethyl adjacent to an activating group) is 1. The first-order valence-corrected chi connectivity index (χ1v) is 8.88. The van der Waals surface area contributed by atoms with E-state index < -0.39 is 0 Å². The lowest BCUT2D eigenvalue weighted by Gasteiger charge is -2.29. The second kappa shape index (κ2) is 9.19. The number of aliphatic imine (C=N–C) groups is 1. The predicted molar refractivity (Wildman–Crippen MR) is 114 cm³/mol. The molecule has 0 amide bonds. The van der Waals surface area contributed by atoms with Crippen molar-refractivity contribution in [3.05, 3.63) is 35.9 Å². The lowest BCUT2D eigenvalue weighted by molar-refractivity contribution is 0.156. The zero-order valence-corrected chi connectivity index (χ0v) is 17.9. The van der Waals surface area contributed by atoms with Gasteiger partial charge in [-0.25, -0.2) is 0 Å². The lowest BCUT2D eigenvalue weighted by atomic mass is 9.87. The summed E-state index contributed by atoms with van der Waals surface area (Å²) in [7, 11) is 6.14. The zero-order chi connectivity index (χ0) is 17.0. The van der Waals surface area contributed by atoms with Crippen molar-refractivity contribution in [3.63, 3.8) is 0 Å². The van der Waals surface area contributed by atoms with Gasteiger partial charge in [0.15, 0.2) is 5.96 Å². The molecule has 0 radical (unpaired) electrons. The van der Waals surface area contributed by atoms with Crippen molar-refractivity contribution >= 4 is 29.9 Å². The van der Waals surface area contributed by atoms with Crippen LogP contribution in [0.25, 0.3) is 0 Å². The largest absolute Gasteiger partial charge is 0.381 e. The number of nitrogens with zero attached hydrogens (tertiary/aromatic N) is 3. The number of halogens is 1. The summed E-state index contributed by atoms with van der Waals surface area (Å²) in [5, 5.41) is 3.59. The highest BCUT2D eigenvalue weighted by Crippen LogP contribution is 2.38. The first-order valence-electron chi connectivity index (χ1n) is 8.88. The minimum absolute atomic E-state index is 0. The third kappa shape index (κ3) is 4.86. The van der Waals surface area contributed by atoms with Crippen LogP contribution in [-0.2, 0) is 4.74 Å². The van der Waals surface area contributed by atoms with Gasteiger partial charge in [0.05, 0.1) is 12.6 Å². The number of ether oxygens (including phenoxy) is 1. The van der Waals surface area contributed by atoms with Gasteiger partial charge in [-0.15, -0.1) is 24.0 Å². The lowest BCUT2D eigenvalue weighted by Crippen LogP contribution is -2.44. The van der Waals surface area contributed by atoms with Crippen LogP contribution in [0.5, 0.6) is 0 Å². The van der Waals surface area contributed by atoms with Crippen molar-refractivity contribution in [2.75, 3.05) is 54.0 Å². The summed E-state index contributed by atoms with van der Waals surface area (Å²) in [5.74, 6) is 1.02. The van der Waals surface area contributed by atoms with Crippen molar-refractivity contribution in [3.8, 4) is 0 Å². The van der Waals surface area contributed by atoms with E-state index in [2.05, 4.69) is 64.5 Å². The predicted octanol–water partition coefficient (Wildman–Crippen LogP) is 2.60. The Labute approximate surface area is 168 Å². The first-order chi connectivity index (χ1) is 11.6. The molecule has 2 heterocycles. The van der Waals surface area contributed by atoms with Crippen LogP contribution >= 0.6 is 24.0 Å². The van der Waals surface area contributed by atoms with Crippen molar-refractivity contribution < 1.29 is 4.74 Å². The van der Waals surface area contributed by atoms with Crippen LogP contribution < -0.4 is 5.32 Å². The van der Waals surface area contributed by atoms with Crippen LogP contribution in [0.4, 0.5) is 0 Å². The summed E-state index contributed by atoms with van der Waals surface area (Å²) in [6, 6.07) is 11.0. The molecule has 0 saturated carbocycles. The molecule has 6 heteroatoms. The van der Waals surface area contributed by atoms with Crippen LogP contribution in [0.15, 0.2) is 35.3 Å². The zero-order valence-electron chi connectivity index (χ0n) is 15.6. The SMILES string of the molecule is CN=C(NCC(c1ccccc1)N(C)C)N1CCC2(CCOC2)C1.I. The molecule has 140 valence electrons. The van der Waals surface area contributed by atoms with Gasteiger partial charge in [0.1, 0.15) is 0 Å². The third-order valence-electron chi connectivity index (χ3n) is 5.40. The van der Waals surface area contributed by atoms with E-state index in [9.17, 15) is 0 Å². The number of nitrogens with one attached hydrogen (secondary N) is 1. The van der Waals surface area contributed by atoms with E-state index in [1.807, 2.05) is 7.05 Å². The molecule has 1 aromatic carbocycles. The maximum atomic E-state index is 5.64. The molecular formula is C19H31IN4O. The minimum atomic E-state index is 0. The van der Waals surface area contributed by atoms with Crippen LogP contribution in [0.1, 0.15) is 24.4 Å². The molecule has 25 heavy (non-hydrogen) atoms. The van der Waals surface area contributed by atoms with Gasteiger partial charge in [0, 0.05) is 38.7 Å². The molecule has 0 aliphatic carbocycles. The second-order valence-corrected chi connectivity index (χ2v) is 7.29. The molecule has 1 N–H and O–H groups in total. The van der Waals surface area contributed by atoms with Gasteiger partial charge in [-0.3, -0.25) is 4.99 Å². The van der Waals surface area contributed by atoms with Crippen molar-refractivity contribution in [1.82, 2.24) is 15.1 Å². The van der Waals surface area contributed by atoms with Crippen LogP contribution in [0, 0.1) is 5.41 Å². The number of guanidine groups is 1. The summed E-state index contributed by atoms with van der Waals surface area (Å²) in [4.78, 5) is 9.17. The highest BCUT2D eigenvalue weighted by Gasteiger charge is 2.42. The molecule has 2 atom stereocenters. The molecule has 2 fully saturated rings. The Hall–Kier alpha value is -0.860. The van der Waals surface area contributed by atoms with Gasteiger partial charge in [0.25, 0.3) is 0 Å². The number of likely N-dealkylation sites (tertiary alicyclic amines) is 1. The first kappa shape index (κ1) is 20.5. The summed E-state index contributed by atoms with van der Waals surface area (Å²) in [6.45, 7) is 4.80. The molecule has 1 spiro atoms. The fourth-order valence-corrected chi connectivity index (χ4v) is 3.88. The van der Waals surface area contributed by atoms with Crippen molar-refractivity contribution in [2.24, 2.45) is 10.4 Å². The number of hydrogen-bond acceptors (Lipinski definition) is 3. The van der Waals surface area contributed by atoms with E-state index in [1.54, 1.807) is 0 Å². The summed E-state index contributed by atoms with van der Waals surface area (Å²) in [6.07, 6.45) is 2.40. The van der Waals surface area contributed by atoms with Gasteiger partial charge in [-0.2, -0.15) is 0 Å². The fourth-order valence-electron chi connectivity index (χ4n) is 3.88. The van der Waals surface area contributed by atoms with Gasteiger partial charge in [-0.1, -0.05) is 30.3 Å². The van der Waals surface area contributed by atoms with Crippen molar-refractivity contribution in [2.45, 2.75) is 18.9 Å². The highest BCUT2D eigenvalue weighted by atomic mass is 127. The standard InChI is InChI=1S/C19H30N4O.HI/c1-20-18(23-11-9-19(14-23)10-12-24-15-19)21-13-17(22(2)3)16-7-5-4-6-8-16;/h4-8,17H,9-15H2,1-3H3,(H,20,21);1H. The van der Waals surface area contributed by atoms with E-state index in [1.165, 1.54) is 18.4 Å². The topological polar surface area (TPSA) is 40.1 Å². The van der Waals surface area contributed by atoms with Gasteiger partial charge >= 0.3 is 0 Å². The van der Waals surface area contributed by atoms with Gasteiger partial charge in [0.2, 0.25) is 0 Å². The Kier molecular flexibility index (Phi) is 7.51. The number of hydrogen-bond donors (Lipinski definition) is 1. The summed E-state index contributed by atoms with van der Waals surface area (Å²) < 4.78 is 5.64. The normalized spacial score (nSPS) is 24.6. The molecule has 5 nitrogen and oxygen atoms in total. The third-order valence-corrected chi connectivity index (χ3v) is 5.40. The Balaban J connectivity index is 0.00000225. The average Bonchev–Trinajstić information content (AvgIpc) is 3.22. The Morgan fingerprint density at radius 2 is 2.08 bits per heavy atom. The fraction of sp³-hybridized carbons (Fsp3) is 0.632. The number of benzene rings is 1. The van der Waals surface area contributed by atoms with Crippen molar-refractivity contribution in [1.29, 1.82) is 0 Å². The molecule has 3 rings (SSSR count). The van der Waals surface area contributed by atoms with Crippen LogP contribution in [-0.4, -0.2) is 69.8 Å². The molecular weight excluding hydrogens is 427 g/mol. The molecule has 2 saturated heterocycles. The molecule has 2 aliphatic rings. The Morgan fingerprint density at radius 1 is 1.32 bits per heavy atom. The molecule has 2 unspecified atom stereocenters. The molecule has 0 bridgehead atoms. The van der Waals surface area contributed by atoms with E-state index in [-0.39, 0.29) is 24.0 Å². The minimum Gasteiger partial charge on any atom is -0.381 e. The van der Waals surface area contributed by atoms with Crippen LogP contribution in [0.3, 0.4) is 0 Å². The molecule has 1 aromatic rings. The Bertz CT molecular complexity index is 558. The van der Waals surface area contributed by atoms with E-state index in [0.29, 0.717) is 11.5 Å². The van der Waals surface area contributed by atoms with Gasteiger partial charge < -0.3 is 19.9 Å². The quantitative estimate of drug-likeness (QED) is 0.428. The van der Waals surface area contributed by atoms with Gasteiger partial charge in [-0.05, 0) is 32.5 Å². The number of rotatable bonds is 4.